The molecule has 19 heavy (non-hydrogen) atoms. The van der Waals surface area contributed by atoms with E-state index in [1.807, 2.05) is 12.1 Å². The zero-order chi connectivity index (χ0) is 13.8. The van der Waals surface area contributed by atoms with E-state index in [1.54, 1.807) is 0 Å². The van der Waals surface area contributed by atoms with Crippen LogP contribution in [0, 0.1) is 11.8 Å². The fourth-order valence-electron chi connectivity index (χ4n) is 2.26. The van der Waals surface area contributed by atoms with Crippen molar-refractivity contribution in [3.8, 4) is 0 Å². The summed E-state index contributed by atoms with van der Waals surface area (Å²) in [5, 5.41) is 6.38. The summed E-state index contributed by atoms with van der Waals surface area (Å²) in [5.74, 6) is 1.24. The third-order valence-corrected chi connectivity index (χ3v) is 4.13. The fourth-order valence-corrected chi connectivity index (χ4v) is 2.26. The van der Waals surface area contributed by atoms with Gasteiger partial charge < -0.3 is 10.6 Å². The molecule has 1 aliphatic heterocycles. The molecule has 0 spiro atoms. The zero-order valence-electron chi connectivity index (χ0n) is 12.1. The van der Waals surface area contributed by atoms with Crippen molar-refractivity contribution in [1.82, 2.24) is 10.6 Å². The van der Waals surface area contributed by atoms with E-state index in [1.165, 1.54) is 11.1 Å². The van der Waals surface area contributed by atoms with Crippen molar-refractivity contribution in [1.29, 1.82) is 0 Å². The average molecular weight is 260 g/mol. The van der Waals surface area contributed by atoms with Crippen LogP contribution in [0.25, 0.3) is 0 Å². The minimum absolute atomic E-state index is 0.0886. The molecule has 1 amide bonds. The summed E-state index contributed by atoms with van der Waals surface area (Å²) >= 11 is 0. The molecule has 0 fully saturated rings. The Kier molecular flexibility index (Phi) is 4.59. The lowest BCUT2D eigenvalue weighted by Crippen LogP contribution is -2.48. The van der Waals surface area contributed by atoms with E-state index >= 15 is 0 Å². The predicted octanol–water partition coefficient (Wildman–Crippen LogP) is 2.11. The van der Waals surface area contributed by atoms with Crippen LogP contribution in [0.15, 0.2) is 24.3 Å². The molecule has 2 N–H and O–H groups in total. The number of carbonyl (C=O) groups excluding carboxylic acids is 1. The van der Waals surface area contributed by atoms with Crippen molar-refractivity contribution in [2.24, 2.45) is 11.8 Å². The first-order valence-corrected chi connectivity index (χ1v) is 7.15. The summed E-state index contributed by atoms with van der Waals surface area (Å²) in [4.78, 5) is 12.2. The van der Waals surface area contributed by atoms with Gasteiger partial charge in [0.2, 0.25) is 5.91 Å². The van der Waals surface area contributed by atoms with Crippen molar-refractivity contribution in [2.75, 3.05) is 6.54 Å². The lowest BCUT2D eigenvalue weighted by Gasteiger charge is -2.26. The van der Waals surface area contributed by atoms with Gasteiger partial charge in [-0.15, -0.1) is 0 Å². The lowest BCUT2D eigenvalue weighted by molar-refractivity contribution is -0.123. The summed E-state index contributed by atoms with van der Waals surface area (Å²) in [6, 6.07) is 8.24. The second kappa shape index (κ2) is 6.20. The highest BCUT2D eigenvalue weighted by Crippen LogP contribution is 2.16. The number of benzene rings is 1. The van der Waals surface area contributed by atoms with Crippen LogP contribution in [0.5, 0.6) is 0 Å². The number of hydrogen-bond donors (Lipinski definition) is 2. The van der Waals surface area contributed by atoms with Crippen LogP contribution in [0.3, 0.4) is 0 Å². The summed E-state index contributed by atoms with van der Waals surface area (Å²) in [6.07, 6.45) is 0.790. The predicted molar refractivity (Wildman–Crippen MR) is 77.8 cm³/mol. The maximum Gasteiger partial charge on any atom is 0.237 e. The van der Waals surface area contributed by atoms with E-state index in [4.69, 9.17) is 0 Å². The Balaban J connectivity index is 1.89. The summed E-state index contributed by atoms with van der Waals surface area (Å²) in [7, 11) is 0. The second-order valence-corrected chi connectivity index (χ2v) is 5.87. The maximum absolute atomic E-state index is 12.2. The SMILES string of the molecule is CC(C)C(C)CNC(=O)[C@@H]1Cc2ccccc2CN1. The summed E-state index contributed by atoms with van der Waals surface area (Å²) in [5.41, 5.74) is 2.60. The first-order valence-electron chi connectivity index (χ1n) is 7.15. The van der Waals surface area contributed by atoms with Gasteiger partial charge in [-0.2, -0.15) is 0 Å². The normalized spacial score (nSPS) is 19.9. The van der Waals surface area contributed by atoms with Crippen molar-refractivity contribution in [3.05, 3.63) is 35.4 Å². The van der Waals surface area contributed by atoms with Gasteiger partial charge in [-0.25, -0.2) is 0 Å². The molecule has 1 aromatic carbocycles. The smallest absolute Gasteiger partial charge is 0.237 e. The highest BCUT2D eigenvalue weighted by atomic mass is 16.2. The molecule has 0 radical (unpaired) electrons. The van der Waals surface area contributed by atoms with Gasteiger partial charge in [0, 0.05) is 13.1 Å². The molecule has 1 aliphatic rings. The zero-order valence-corrected chi connectivity index (χ0v) is 12.1. The van der Waals surface area contributed by atoms with E-state index in [2.05, 4.69) is 43.5 Å². The molecule has 0 aliphatic carbocycles. The van der Waals surface area contributed by atoms with Gasteiger partial charge in [-0.3, -0.25) is 4.79 Å². The molecule has 0 aromatic heterocycles. The Morgan fingerprint density at radius 2 is 2.00 bits per heavy atom. The van der Waals surface area contributed by atoms with Gasteiger partial charge in [0.25, 0.3) is 0 Å². The molecule has 2 rings (SSSR count). The van der Waals surface area contributed by atoms with E-state index < -0.39 is 0 Å². The van der Waals surface area contributed by atoms with Gasteiger partial charge in [0.15, 0.2) is 0 Å². The van der Waals surface area contributed by atoms with E-state index in [-0.39, 0.29) is 11.9 Å². The van der Waals surface area contributed by atoms with Crippen LogP contribution in [-0.2, 0) is 17.8 Å². The Morgan fingerprint density at radius 3 is 2.68 bits per heavy atom. The van der Waals surface area contributed by atoms with E-state index in [9.17, 15) is 4.79 Å². The van der Waals surface area contributed by atoms with Gasteiger partial charge in [0.1, 0.15) is 0 Å². The monoisotopic (exact) mass is 260 g/mol. The highest BCUT2D eigenvalue weighted by Gasteiger charge is 2.23. The highest BCUT2D eigenvalue weighted by molar-refractivity contribution is 5.82. The average Bonchev–Trinajstić information content (AvgIpc) is 2.43. The lowest BCUT2D eigenvalue weighted by atomic mass is 9.95. The summed E-state index contributed by atoms with van der Waals surface area (Å²) in [6.45, 7) is 8.09. The topological polar surface area (TPSA) is 41.1 Å². The van der Waals surface area contributed by atoms with Gasteiger partial charge in [-0.05, 0) is 29.4 Å². The molecule has 1 unspecified atom stereocenters. The first-order chi connectivity index (χ1) is 9.08. The maximum atomic E-state index is 12.2. The van der Waals surface area contributed by atoms with E-state index in [0.29, 0.717) is 11.8 Å². The second-order valence-electron chi connectivity index (χ2n) is 5.87. The Hall–Kier alpha value is -1.35. The molecule has 0 saturated heterocycles. The van der Waals surface area contributed by atoms with Gasteiger partial charge >= 0.3 is 0 Å². The van der Waals surface area contributed by atoms with Crippen LogP contribution >= 0.6 is 0 Å². The van der Waals surface area contributed by atoms with Crippen LogP contribution in [0.1, 0.15) is 31.9 Å². The van der Waals surface area contributed by atoms with Crippen LogP contribution in [-0.4, -0.2) is 18.5 Å². The number of amides is 1. The van der Waals surface area contributed by atoms with Crippen molar-refractivity contribution in [3.63, 3.8) is 0 Å². The third-order valence-electron chi connectivity index (χ3n) is 4.13. The van der Waals surface area contributed by atoms with Gasteiger partial charge in [-0.1, -0.05) is 45.0 Å². The molecule has 1 heterocycles. The number of nitrogens with one attached hydrogen (secondary N) is 2. The largest absolute Gasteiger partial charge is 0.354 e. The molecular weight excluding hydrogens is 236 g/mol. The summed E-state index contributed by atoms with van der Waals surface area (Å²) < 4.78 is 0. The molecule has 0 bridgehead atoms. The number of fused-ring (bicyclic) bond motifs is 1. The van der Waals surface area contributed by atoms with E-state index in [0.717, 1.165) is 19.5 Å². The molecule has 0 saturated carbocycles. The quantitative estimate of drug-likeness (QED) is 0.870. The number of rotatable bonds is 4. The molecule has 2 atom stereocenters. The third kappa shape index (κ3) is 3.57. The molecule has 3 nitrogen and oxygen atoms in total. The van der Waals surface area contributed by atoms with Crippen molar-refractivity contribution >= 4 is 5.91 Å². The van der Waals surface area contributed by atoms with Gasteiger partial charge in [0.05, 0.1) is 6.04 Å². The molecule has 104 valence electrons. The Labute approximate surface area is 115 Å². The van der Waals surface area contributed by atoms with Crippen LogP contribution in [0.4, 0.5) is 0 Å². The standard InChI is InChI=1S/C16H24N2O/c1-11(2)12(3)9-18-16(19)15-8-13-6-4-5-7-14(13)10-17-15/h4-7,11-12,15,17H,8-10H2,1-3H3,(H,18,19)/t12?,15-/m0/s1. The molecular formula is C16H24N2O. The molecule has 3 heteroatoms. The minimum Gasteiger partial charge on any atom is -0.354 e. The van der Waals surface area contributed by atoms with Crippen molar-refractivity contribution in [2.45, 2.75) is 39.8 Å². The number of carbonyl (C=O) groups is 1. The first kappa shape index (κ1) is 14.1. The Bertz CT molecular complexity index is 442. The minimum atomic E-state index is -0.0886. The Morgan fingerprint density at radius 1 is 1.32 bits per heavy atom. The van der Waals surface area contributed by atoms with Crippen LogP contribution < -0.4 is 10.6 Å². The fraction of sp³-hybridized carbons (Fsp3) is 0.562. The van der Waals surface area contributed by atoms with Crippen LogP contribution in [0.2, 0.25) is 0 Å². The molecule has 1 aromatic rings. The number of hydrogen-bond acceptors (Lipinski definition) is 2. The van der Waals surface area contributed by atoms with Crippen molar-refractivity contribution < 1.29 is 4.79 Å².